The first-order chi connectivity index (χ1) is 12.3. The van der Waals surface area contributed by atoms with Crippen LogP contribution in [0.2, 0.25) is 5.02 Å². The van der Waals surface area contributed by atoms with Crippen LogP contribution in [-0.2, 0) is 6.18 Å². The summed E-state index contributed by atoms with van der Waals surface area (Å²) in [4.78, 5) is 13.0. The van der Waals surface area contributed by atoms with Crippen LogP contribution >= 0.6 is 11.6 Å². The van der Waals surface area contributed by atoms with Gasteiger partial charge in [0.05, 0.1) is 5.56 Å². The van der Waals surface area contributed by atoms with E-state index >= 15 is 0 Å². The molecule has 10 heteroatoms. The molecule has 0 spiro atoms. The highest BCUT2D eigenvalue weighted by Crippen LogP contribution is 2.35. The Morgan fingerprint density at radius 2 is 2.12 bits per heavy atom. The topological polar surface area (TPSA) is 82.4 Å². The van der Waals surface area contributed by atoms with E-state index in [4.69, 9.17) is 17.4 Å². The number of hydrogen-bond acceptors (Lipinski definition) is 4. The van der Waals surface area contributed by atoms with Gasteiger partial charge in [0.15, 0.2) is 0 Å². The maximum absolute atomic E-state index is 12.9. The lowest BCUT2D eigenvalue weighted by Crippen LogP contribution is -2.47. The van der Waals surface area contributed by atoms with Gasteiger partial charge in [-0.1, -0.05) is 17.7 Å². The van der Waals surface area contributed by atoms with Gasteiger partial charge >= 0.3 is 12.2 Å². The van der Waals surface area contributed by atoms with E-state index in [0.717, 1.165) is 37.2 Å². The van der Waals surface area contributed by atoms with Gasteiger partial charge < -0.3 is 0 Å². The molecule has 1 aromatic rings. The van der Waals surface area contributed by atoms with Gasteiger partial charge in [-0.15, -0.1) is 0 Å². The van der Waals surface area contributed by atoms with Gasteiger partial charge in [-0.05, 0) is 48.7 Å². The number of hydrogen-bond donors (Lipinski definition) is 4. The molecule has 26 heavy (non-hydrogen) atoms. The molecule has 2 amide bonds. The highest BCUT2D eigenvalue weighted by Gasteiger charge is 2.31. The molecule has 0 aromatic heterocycles. The van der Waals surface area contributed by atoms with Gasteiger partial charge in [0, 0.05) is 24.7 Å². The van der Waals surface area contributed by atoms with Crippen LogP contribution in [0.3, 0.4) is 0 Å². The lowest BCUT2D eigenvalue weighted by atomic mass is 9.97. The van der Waals surface area contributed by atoms with Crippen LogP contribution in [-0.4, -0.2) is 37.1 Å². The molecule has 5 N–H and O–H groups in total. The fraction of sp³-hybridized carbons (Fsp3) is 0.438. The summed E-state index contributed by atoms with van der Waals surface area (Å²) in [5, 5.41) is 0.325. The lowest BCUT2D eigenvalue weighted by Gasteiger charge is -2.27. The van der Waals surface area contributed by atoms with Crippen LogP contribution in [0.25, 0.3) is 5.57 Å². The number of urea groups is 1. The molecule has 0 saturated carbocycles. The SMILES string of the molecule is NNC(=O)NNCCCN1CC=C(c2cc(C(F)(F)F)ccc2Cl)CC1. The molecule has 6 nitrogen and oxygen atoms in total. The van der Waals surface area contributed by atoms with Crippen LogP contribution < -0.4 is 22.1 Å². The van der Waals surface area contributed by atoms with E-state index in [0.29, 0.717) is 30.1 Å². The number of nitrogens with zero attached hydrogens (tertiary/aromatic N) is 1. The third-order valence-corrected chi connectivity index (χ3v) is 4.37. The molecule has 144 valence electrons. The summed E-state index contributed by atoms with van der Waals surface area (Å²) in [5.74, 6) is 4.92. The predicted molar refractivity (Wildman–Crippen MR) is 94.0 cm³/mol. The van der Waals surface area contributed by atoms with E-state index in [1.807, 2.05) is 11.5 Å². The Hall–Kier alpha value is -1.81. The van der Waals surface area contributed by atoms with Gasteiger partial charge in [-0.25, -0.2) is 16.1 Å². The Balaban J connectivity index is 1.87. The molecule has 0 fully saturated rings. The third-order valence-electron chi connectivity index (χ3n) is 4.04. The smallest absolute Gasteiger partial charge is 0.299 e. The van der Waals surface area contributed by atoms with Crippen LogP contribution in [0.5, 0.6) is 0 Å². The minimum atomic E-state index is -4.39. The van der Waals surface area contributed by atoms with E-state index in [1.54, 1.807) is 0 Å². The molecular weight excluding hydrogens is 371 g/mol. The number of carbonyl (C=O) groups excluding carboxylic acids is 1. The number of carbonyl (C=O) groups is 1. The summed E-state index contributed by atoms with van der Waals surface area (Å²) in [6, 6.07) is 2.88. The van der Waals surface area contributed by atoms with Crippen molar-refractivity contribution in [2.24, 2.45) is 5.84 Å². The maximum atomic E-state index is 12.9. The fourth-order valence-electron chi connectivity index (χ4n) is 2.68. The van der Waals surface area contributed by atoms with Gasteiger partial charge in [0.2, 0.25) is 0 Å². The van der Waals surface area contributed by atoms with Gasteiger partial charge in [-0.3, -0.25) is 15.8 Å². The minimum Gasteiger partial charge on any atom is -0.299 e. The molecule has 0 saturated heterocycles. The highest BCUT2D eigenvalue weighted by molar-refractivity contribution is 6.32. The van der Waals surface area contributed by atoms with Crippen molar-refractivity contribution in [3.05, 3.63) is 40.4 Å². The van der Waals surface area contributed by atoms with Crippen molar-refractivity contribution < 1.29 is 18.0 Å². The first-order valence-corrected chi connectivity index (χ1v) is 8.47. The fourth-order valence-corrected chi connectivity index (χ4v) is 2.92. The third kappa shape index (κ3) is 5.87. The van der Waals surface area contributed by atoms with Crippen molar-refractivity contribution in [2.45, 2.75) is 19.0 Å². The van der Waals surface area contributed by atoms with Crippen LogP contribution in [0, 0.1) is 0 Å². The molecule has 0 bridgehead atoms. The number of amides is 2. The Morgan fingerprint density at radius 3 is 2.73 bits per heavy atom. The van der Waals surface area contributed by atoms with Gasteiger partial charge in [0.1, 0.15) is 0 Å². The average Bonchev–Trinajstić information content (AvgIpc) is 2.61. The lowest BCUT2D eigenvalue weighted by molar-refractivity contribution is -0.137. The summed E-state index contributed by atoms with van der Waals surface area (Å²) < 4.78 is 38.7. The number of nitrogens with one attached hydrogen (secondary N) is 3. The second-order valence-corrected chi connectivity index (χ2v) is 6.26. The van der Waals surface area contributed by atoms with Gasteiger partial charge in [-0.2, -0.15) is 13.2 Å². The highest BCUT2D eigenvalue weighted by atomic mass is 35.5. The average molecular weight is 392 g/mol. The van der Waals surface area contributed by atoms with Crippen molar-refractivity contribution in [1.82, 2.24) is 21.2 Å². The van der Waals surface area contributed by atoms with Crippen molar-refractivity contribution >= 4 is 23.2 Å². The molecular formula is C16H21ClF3N5O. The largest absolute Gasteiger partial charge is 0.416 e. The molecule has 1 aliphatic heterocycles. The number of halogens is 4. The van der Waals surface area contributed by atoms with Crippen molar-refractivity contribution in [1.29, 1.82) is 0 Å². The molecule has 1 aromatic carbocycles. The Kier molecular flexibility index (Phi) is 7.27. The predicted octanol–water partition coefficient (Wildman–Crippen LogP) is 2.52. The van der Waals surface area contributed by atoms with Crippen molar-refractivity contribution in [3.8, 4) is 0 Å². The zero-order chi connectivity index (χ0) is 19.2. The molecule has 1 heterocycles. The number of rotatable bonds is 6. The summed E-state index contributed by atoms with van der Waals surface area (Å²) in [6.07, 6.45) is -1.05. The molecule has 0 aliphatic carbocycles. The molecule has 0 atom stereocenters. The van der Waals surface area contributed by atoms with E-state index in [9.17, 15) is 18.0 Å². The van der Waals surface area contributed by atoms with Gasteiger partial charge in [0.25, 0.3) is 0 Å². The molecule has 0 unspecified atom stereocenters. The molecule has 2 rings (SSSR count). The molecule has 1 aliphatic rings. The molecule has 0 radical (unpaired) electrons. The van der Waals surface area contributed by atoms with E-state index in [-0.39, 0.29) is 0 Å². The number of alkyl halides is 3. The summed E-state index contributed by atoms with van der Waals surface area (Å²) >= 11 is 6.09. The Labute approximate surface area is 154 Å². The van der Waals surface area contributed by atoms with Crippen molar-refractivity contribution in [3.63, 3.8) is 0 Å². The monoisotopic (exact) mass is 391 g/mol. The number of benzene rings is 1. The maximum Gasteiger partial charge on any atom is 0.416 e. The standard InChI is InChI=1S/C16H21ClF3N5O/c17-14-3-2-12(16(18,19)20)10-13(14)11-4-8-25(9-5-11)7-1-6-22-24-15(26)23-21/h2-4,10,22H,1,5-9,21H2,(H2,23,24,26). The first kappa shape index (κ1) is 20.5. The van der Waals surface area contributed by atoms with Crippen LogP contribution in [0.1, 0.15) is 24.0 Å². The number of nitrogens with two attached hydrogens (primary N) is 1. The van der Waals surface area contributed by atoms with E-state index in [2.05, 4.69) is 15.8 Å². The van der Waals surface area contributed by atoms with E-state index in [1.165, 1.54) is 6.07 Å². The number of hydrazine groups is 2. The second-order valence-electron chi connectivity index (χ2n) is 5.85. The minimum absolute atomic E-state index is 0.325. The van der Waals surface area contributed by atoms with Crippen LogP contribution in [0.15, 0.2) is 24.3 Å². The first-order valence-electron chi connectivity index (χ1n) is 8.09. The normalized spacial score (nSPS) is 15.5. The van der Waals surface area contributed by atoms with Crippen LogP contribution in [0.4, 0.5) is 18.0 Å². The quantitative estimate of drug-likeness (QED) is 0.260. The summed E-state index contributed by atoms with van der Waals surface area (Å²) in [5.41, 5.74) is 7.60. The second kappa shape index (κ2) is 9.22. The summed E-state index contributed by atoms with van der Waals surface area (Å²) in [7, 11) is 0. The summed E-state index contributed by atoms with van der Waals surface area (Å²) in [6.45, 7) is 2.73. The van der Waals surface area contributed by atoms with Crippen molar-refractivity contribution in [2.75, 3.05) is 26.2 Å². The zero-order valence-corrected chi connectivity index (χ0v) is 14.8. The zero-order valence-electron chi connectivity index (χ0n) is 14.0. The Morgan fingerprint density at radius 1 is 1.35 bits per heavy atom. The Bertz CT molecular complexity index is 666. The van der Waals surface area contributed by atoms with E-state index < -0.39 is 17.8 Å².